The summed E-state index contributed by atoms with van der Waals surface area (Å²) < 4.78 is 5.61. The topological polar surface area (TPSA) is 29.5 Å². The zero-order chi connectivity index (χ0) is 8.81. The van der Waals surface area contributed by atoms with Gasteiger partial charge in [0.1, 0.15) is 0 Å². The van der Waals surface area contributed by atoms with Gasteiger partial charge in [-0.15, -0.1) is 0 Å². The van der Waals surface area contributed by atoms with Crippen molar-refractivity contribution < 1.29 is 9.84 Å². The molecule has 1 aliphatic carbocycles. The third-order valence-corrected chi connectivity index (χ3v) is 2.49. The van der Waals surface area contributed by atoms with Crippen molar-refractivity contribution in [2.24, 2.45) is 5.92 Å². The van der Waals surface area contributed by atoms with Gasteiger partial charge < -0.3 is 9.84 Å². The highest BCUT2D eigenvalue weighted by Crippen LogP contribution is 2.29. The van der Waals surface area contributed by atoms with E-state index in [1.165, 1.54) is 12.8 Å². The molecule has 0 unspecified atom stereocenters. The quantitative estimate of drug-likeness (QED) is 0.621. The van der Waals surface area contributed by atoms with E-state index < -0.39 is 0 Å². The Morgan fingerprint density at radius 2 is 2.00 bits per heavy atom. The molecule has 0 aromatic carbocycles. The van der Waals surface area contributed by atoms with E-state index >= 15 is 0 Å². The molecule has 1 fully saturated rings. The van der Waals surface area contributed by atoms with Gasteiger partial charge in [0, 0.05) is 13.2 Å². The van der Waals surface area contributed by atoms with Gasteiger partial charge in [0.05, 0.1) is 6.10 Å². The Morgan fingerprint density at radius 3 is 2.58 bits per heavy atom. The summed E-state index contributed by atoms with van der Waals surface area (Å²) in [7, 11) is 0. The molecule has 0 aromatic heterocycles. The monoisotopic (exact) mass is 172 g/mol. The predicted molar refractivity (Wildman–Crippen MR) is 49.1 cm³/mol. The van der Waals surface area contributed by atoms with Crippen LogP contribution in [-0.4, -0.2) is 24.4 Å². The van der Waals surface area contributed by atoms with Crippen molar-refractivity contribution >= 4 is 0 Å². The Hall–Kier alpha value is -0.0800. The SMILES string of the molecule is C[C@H]1C[C@H](OCCCCCO)C1. The maximum absolute atomic E-state index is 8.53. The fourth-order valence-electron chi connectivity index (χ4n) is 1.61. The Kier molecular flexibility index (Phi) is 4.62. The summed E-state index contributed by atoms with van der Waals surface area (Å²) in [6.45, 7) is 3.48. The first-order valence-corrected chi connectivity index (χ1v) is 5.05. The van der Waals surface area contributed by atoms with Crippen LogP contribution >= 0.6 is 0 Å². The molecular formula is C10H20O2. The lowest BCUT2D eigenvalue weighted by Crippen LogP contribution is -2.29. The fourth-order valence-corrected chi connectivity index (χ4v) is 1.61. The fraction of sp³-hybridized carbons (Fsp3) is 1.00. The second-order valence-corrected chi connectivity index (χ2v) is 3.85. The second kappa shape index (κ2) is 5.55. The Labute approximate surface area is 74.9 Å². The van der Waals surface area contributed by atoms with Crippen molar-refractivity contribution in [3.63, 3.8) is 0 Å². The van der Waals surface area contributed by atoms with Crippen molar-refractivity contribution in [1.29, 1.82) is 0 Å². The van der Waals surface area contributed by atoms with Crippen LogP contribution in [0.25, 0.3) is 0 Å². The van der Waals surface area contributed by atoms with Gasteiger partial charge in [-0.3, -0.25) is 0 Å². The van der Waals surface area contributed by atoms with Crippen LogP contribution in [0, 0.1) is 5.92 Å². The van der Waals surface area contributed by atoms with Gasteiger partial charge >= 0.3 is 0 Å². The summed E-state index contributed by atoms with van der Waals surface area (Å²) in [4.78, 5) is 0. The molecule has 2 nitrogen and oxygen atoms in total. The average molecular weight is 172 g/mol. The van der Waals surface area contributed by atoms with Gasteiger partial charge in [0.25, 0.3) is 0 Å². The number of hydrogen-bond acceptors (Lipinski definition) is 2. The molecule has 0 heterocycles. The van der Waals surface area contributed by atoms with Crippen molar-refractivity contribution in [3.8, 4) is 0 Å². The van der Waals surface area contributed by atoms with E-state index in [0.717, 1.165) is 31.8 Å². The first kappa shape index (κ1) is 10.0. The molecule has 1 N–H and O–H groups in total. The smallest absolute Gasteiger partial charge is 0.0580 e. The molecule has 0 radical (unpaired) electrons. The summed E-state index contributed by atoms with van der Waals surface area (Å²) >= 11 is 0. The lowest BCUT2D eigenvalue weighted by molar-refractivity contribution is -0.0268. The van der Waals surface area contributed by atoms with E-state index in [0.29, 0.717) is 12.7 Å². The number of aliphatic hydroxyl groups excluding tert-OH is 1. The minimum absolute atomic E-state index is 0.320. The molecule has 0 aliphatic heterocycles. The molecule has 12 heavy (non-hydrogen) atoms. The Balaban J connectivity index is 1.77. The molecule has 1 aliphatic rings. The predicted octanol–water partition coefficient (Wildman–Crippen LogP) is 1.96. The van der Waals surface area contributed by atoms with E-state index in [4.69, 9.17) is 9.84 Å². The molecule has 72 valence electrons. The van der Waals surface area contributed by atoms with Crippen LogP contribution in [0.1, 0.15) is 39.0 Å². The van der Waals surface area contributed by atoms with E-state index in [1.807, 2.05) is 0 Å². The number of aliphatic hydroxyl groups is 1. The Morgan fingerprint density at radius 1 is 1.25 bits per heavy atom. The maximum atomic E-state index is 8.53. The van der Waals surface area contributed by atoms with Gasteiger partial charge in [-0.2, -0.15) is 0 Å². The second-order valence-electron chi connectivity index (χ2n) is 3.85. The third kappa shape index (κ3) is 3.55. The lowest BCUT2D eigenvalue weighted by Gasteiger charge is -2.32. The van der Waals surface area contributed by atoms with Crippen LogP contribution in [0.5, 0.6) is 0 Å². The minimum Gasteiger partial charge on any atom is -0.396 e. The molecule has 2 heteroatoms. The number of unbranched alkanes of at least 4 members (excludes halogenated alkanes) is 2. The van der Waals surface area contributed by atoms with E-state index in [2.05, 4.69) is 6.92 Å². The highest BCUT2D eigenvalue weighted by Gasteiger charge is 2.25. The number of ether oxygens (including phenoxy) is 1. The zero-order valence-electron chi connectivity index (χ0n) is 7.96. The van der Waals surface area contributed by atoms with Crippen molar-refractivity contribution in [3.05, 3.63) is 0 Å². The highest BCUT2D eigenvalue weighted by atomic mass is 16.5. The number of hydrogen-bond donors (Lipinski definition) is 1. The van der Waals surface area contributed by atoms with Crippen LogP contribution in [0.15, 0.2) is 0 Å². The maximum Gasteiger partial charge on any atom is 0.0580 e. The minimum atomic E-state index is 0.320. The first-order valence-electron chi connectivity index (χ1n) is 5.05. The van der Waals surface area contributed by atoms with Crippen LogP contribution in [0.2, 0.25) is 0 Å². The normalized spacial score (nSPS) is 28.5. The molecule has 1 saturated carbocycles. The molecule has 0 aromatic rings. The van der Waals surface area contributed by atoms with Gasteiger partial charge in [0.15, 0.2) is 0 Å². The van der Waals surface area contributed by atoms with Gasteiger partial charge in [0.2, 0.25) is 0 Å². The summed E-state index contributed by atoms with van der Waals surface area (Å²) in [6.07, 6.45) is 6.17. The van der Waals surface area contributed by atoms with Gasteiger partial charge in [-0.05, 0) is 38.0 Å². The van der Waals surface area contributed by atoms with E-state index in [1.54, 1.807) is 0 Å². The average Bonchev–Trinajstić information content (AvgIpc) is 2.00. The van der Waals surface area contributed by atoms with Gasteiger partial charge in [-0.25, -0.2) is 0 Å². The van der Waals surface area contributed by atoms with Crippen LogP contribution in [0.3, 0.4) is 0 Å². The largest absolute Gasteiger partial charge is 0.396 e. The molecule has 0 atom stereocenters. The molecule has 0 saturated heterocycles. The lowest BCUT2D eigenvalue weighted by atomic mass is 9.84. The third-order valence-electron chi connectivity index (χ3n) is 2.49. The molecular weight excluding hydrogens is 152 g/mol. The molecule has 1 rings (SSSR count). The standard InChI is InChI=1S/C10H20O2/c1-9-7-10(8-9)12-6-4-2-3-5-11/h9-11H,2-8H2,1H3/t9-,10-. The molecule has 0 amide bonds. The van der Waals surface area contributed by atoms with Crippen molar-refractivity contribution in [1.82, 2.24) is 0 Å². The van der Waals surface area contributed by atoms with Crippen LogP contribution in [0.4, 0.5) is 0 Å². The summed E-state index contributed by atoms with van der Waals surface area (Å²) in [5.41, 5.74) is 0. The van der Waals surface area contributed by atoms with Crippen molar-refractivity contribution in [2.45, 2.75) is 45.1 Å². The number of rotatable bonds is 6. The van der Waals surface area contributed by atoms with Crippen LogP contribution < -0.4 is 0 Å². The summed E-state index contributed by atoms with van der Waals surface area (Å²) in [5.74, 6) is 0.882. The molecule has 0 bridgehead atoms. The van der Waals surface area contributed by atoms with Crippen molar-refractivity contribution in [2.75, 3.05) is 13.2 Å². The molecule has 0 spiro atoms. The van der Waals surface area contributed by atoms with E-state index in [9.17, 15) is 0 Å². The van der Waals surface area contributed by atoms with Crippen LogP contribution in [-0.2, 0) is 4.74 Å². The van der Waals surface area contributed by atoms with E-state index in [-0.39, 0.29) is 0 Å². The van der Waals surface area contributed by atoms with Gasteiger partial charge in [-0.1, -0.05) is 6.92 Å². The summed E-state index contributed by atoms with van der Waals surface area (Å²) in [6, 6.07) is 0. The summed E-state index contributed by atoms with van der Waals surface area (Å²) in [5, 5.41) is 8.53. The zero-order valence-corrected chi connectivity index (χ0v) is 7.96. The highest BCUT2D eigenvalue weighted by molar-refractivity contribution is 4.76. The Bertz CT molecular complexity index is 108. The first-order chi connectivity index (χ1) is 5.83.